The minimum absolute atomic E-state index is 0.0772. The highest BCUT2D eigenvalue weighted by Crippen LogP contribution is 2.40. The third kappa shape index (κ3) is 5.44. The Kier molecular flexibility index (Phi) is 8.10. The number of halogens is 2. The van der Waals surface area contributed by atoms with Crippen LogP contribution >= 0.6 is 27.5 Å². The van der Waals surface area contributed by atoms with Crippen LogP contribution in [0.2, 0.25) is 5.02 Å². The molecule has 1 saturated heterocycles. The third-order valence-electron chi connectivity index (χ3n) is 6.49. The summed E-state index contributed by atoms with van der Waals surface area (Å²) in [4.78, 5) is 19.5. The van der Waals surface area contributed by atoms with Crippen molar-refractivity contribution in [2.75, 3.05) is 26.9 Å². The highest BCUT2D eigenvalue weighted by molar-refractivity contribution is 9.10. The molecular formula is C26H30BrClN2O3. The van der Waals surface area contributed by atoms with Crippen LogP contribution in [-0.4, -0.2) is 48.9 Å². The van der Waals surface area contributed by atoms with Gasteiger partial charge in [0.2, 0.25) is 0 Å². The summed E-state index contributed by atoms with van der Waals surface area (Å²) >= 11 is 9.96. The van der Waals surface area contributed by atoms with Crippen molar-refractivity contribution in [1.82, 2.24) is 9.88 Å². The zero-order chi connectivity index (χ0) is 23.4. The van der Waals surface area contributed by atoms with E-state index in [1.165, 1.54) is 27.8 Å². The lowest BCUT2D eigenvalue weighted by Gasteiger charge is -2.37. The van der Waals surface area contributed by atoms with E-state index in [0.717, 1.165) is 53.7 Å². The molecule has 4 rings (SSSR count). The van der Waals surface area contributed by atoms with E-state index < -0.39 is 0 Å². The number of amides is 1. The average molecular weight is 534 g/mol. The minimum Gasteiger partial charge on any atom is -0.450 e. The van der Waals surface area contributed by atoms with Crippen LogP contribution < -0.4 is 0 Å². The number of methoxy groups -OCH3 is 1. The number of aromatic nitrogens is 1. The van der Waals surface area contributed by atoms with E-state index in [9.17, 15) is 4.79 Å². The largest absolute Gasteiger partial charge is 0.450 e. The molecule has 1 unspecified atom stereocenters. The highest BCUT2D eigenvalue weighted by atomic mass is 79.9. The average Bonchev–Trinajstić information content (AvgIpc) is 2.95. The number of likely N-dealkylation sites (tertiary alicyclic amines) is 1. The quantitative estimate of drug-likeness (QED) is 0.415. The lowest BCUT2D eigenvalue weighted by molar-refractivity contribution is 0.0788. The number of hydrogen-bond donors (Lipinski definition) is 0. The summed E-state index contributed by atoms with van der Waals surface area (Å²) in [6.45, 7) is 3.56. The summed E-state index contributed by atoms with van der Waals surface area (Å²) in [5.74, 6) is 0. The lowest BCUT2D eigenvalue weighted by Crippen LogP contribution is -2.45. The van der Waals surface area contributed by atoms with Crippen LogP contribution in [0.1, 0.15) is 55.0 Å². The molecule has 0 bridgehead atoms. The van der Waals surface area contributed by atoms with Crippen molar-refractivity contribution in [3.8, 4) is 0 Å². The van der Waals surface area contributed by atoms with Gasteiger partial charge in [-0.3, -0.25) is 4.98 Å². The van der Waals surface area contributed by atoms with Crippen LogP contribution in [-0.2, 0) is 22.3 Å². The molecule has 0 radical (unpaired) electrons. The number of pyridine rings is 1. The fourth-order valence-electron chi connectivity index (χ4n) is 4.99. The third-order valence-corrected chi connectivity index (χ3v) is 7.16. The Morgan fingerprint density at radius 1 is 1.24 bits per heavy atom. The molecule has 1 atom stereocenters. The van der Waals surface area contributed by atoms with Crippen LogP contribution in [0.3, 0.4) is 0 Å². The van der Waals surface area contributed by atoms with E-state index >= 15 is 0 Å². The van der Waals surface area contributed by atoms with E-state index in [1.54, 1.807) is 7.11 Å². The zero-order valence-electron chi connectivity index (χ0n) is 19.2. The molecular weight excluding hydrogens is 504 g/mol. The van der Waals surface area contributed by atoms with Gasteiger partial charge in [0.15, 0.2) is 0 Å². The van der Waals surface area contributed by atoms with Gasteiger partial charge in [0.25, 0.3) is 0 Å². The SMILES string of the molecule is CCOC(=O)N1CC/C(=C2\c3ccc(Cl)cc3CCc3cc(Br)cnc32)CC1CCCOC. The lowest BCUT2D eigenvalue weighted by atomic mass is 9.85. The van der Waals surface area contributed by atoms with Gasteiger partial charge in [-0.05, 0) is 96.3 Å². The summed E-state index contributed by atoms with van der Waals surface area (Å²) < 4.78 is 11.6. The second-order valence-corrected chi connectivity index (χ2v) is 9.93. The first-order valence-electron chi connectivity index (χ1n) is 11.6. The minimum atomic E-state index is -0.223. The maximum absolute atomic E-state index is 12.7. The second-order valence-electron chi connectivity index (χ2n) is 8.58. The molecule has 1 fully saturated rings. The topological polar surface area (TPSA) is 51.7 Å². The summed E-state index contributed by atoms with van der Waals surface area (Å²) in [5, 5.41) is 0.757. The van der Waals surface area contributed by atoms with Gasteiger partial charge in [-0.2, -0.15) is 0 Å². The van der Waals surface area contributed by atoms with Crippen molar-refractivity contribution in [3.63, 3.8) is 0 Å². The molecule has 1 aromatic carbocycles. The van der Waals surface area contributed by atoms with Gasteiger partial charge in [-0.25, -0.2) is 4.79 Å². The fourth-order valence-corrected chi connectivity index (χ4v) is 5.57. The number of fused-ring (bicyclic) bond motifs is 2. The Morgan fingerprint density at radius 3 is 2.85 bits per heavy atom. The molecule has 176 valence electrons. The first-order chi connectivity index (χ1) is 16.0. The summed E-state index contributed by atoms with van der Waals surface area (Å²) in [7, 11) is 1.71. The molecule has 33 heavy (non-hydrogen) atoms. The molecule has 0 saturated carbocycles. The number of ether oxygens (including phenoxy) is 2. The number of benzene rings is 1. The van der Waals surface area contributed by atoms with Gasteiger partial charge < -0.3 is 14.4 Å². The maximum atomic E-state index is 12.7. The molecule has 2 heterocycles. The number of carbonyl (C=O) groups is 1. The normalized spacial score (nSPS) is 20.1. The van der Waals surface area contributed by atoms with Gasteiger partial charge in [-0.15, -0.1) is 0 Å². The highest BCUT2D eigenvalue weighted by Gasteiger charge is 2.33. The molecule has 0 spiro atoms. The van der Waals surface area contributed by atoms with Gasteiger partial charge in [0.05, 0.1) is 12.3 Å². The predicted octanol–water partition coefficient (Wildman–Crippen LogP) is 6.45. The van der Waals surface area contributed by atoms with E-state index in [0.29, 0.717) is 19.8 Å². The van der Waals surface area contributed by atoms with Crippen molar-refractivity contribution in [3.05, 3.63) is 67.9 Å². The van der Waals surface area contributed by atoms with Gasteiger partial charge >= 0.3 is 6.09 Å². The maximum Gasteiger partial charge on any atom is 0.410 e. The van der Waals surface area contributed by atoms with Crippen LogP contribution in [0.15, 0.2) is 40.5 Å². The molecule has 1 aromatic heterocycles. The predicted molar refractivity (Wildman–Crippen MR) is 135 cm³/mol. The second kappa shape index (κ2) is 11.0. The van der Waals surface area contributed by atoms with E-state index in [-0.39, 0.29) is 12.1 Å². The number of aryl methyl sites for hydroxylation is 2. The van der Waals surface area contributed by atoms with Gasteiger partial charge in [0, 0.05) is 47.6 Å². The molecule has 2 aliphatic rings. The van der Waals surface area contributed by atoms with Gasteiger partial charge in [0.1, 0.15) is 0 Å². The summed E-state index contributed by atoms with van der Waals surface area (Å²) in [5.41, 5.74) is 7.31. The van der Waals surface area contributed by atoms with E-state index in [2.05, 4.69) is 34.1 Å². The van der Waals surface area contributed by atoms with E-state index in [1.807, 2.05) is 24.1 Å². The number of hydrogen-bond acceptors (Lipinski definition) is 4. The first kappa shape index (κ1) is 24.2. The standard InChI is InChI=1S/C26H30BrClN2O3/c1-3-33-26(31)30-11-10-18(15-22(30)5-4-12-32-2)24-23-9-8-21(28)14-17(23)6-7-19-13-20(27)16-29-25(19)24/h8-9,13-14,16,22H,3-7,10-12,15H2,1-2H3/b24-18-. The number of piperidine rings is 1. The van der Waals surface area contributed by atoms with Crippen LogP contribution in [0.4, 0.5) is 4.79 Å². The molecule has 1 amide bonds. The first-order valence-corrected chi connectivity index (χ1v) is 12.8. The monoisotopic (exact) mass is 532 g/mol. The van der Waals surface area contributed by atoms with Crippen molar-refractivity contribution < 1.29 is 14.3 Å². The Balaban J connectivity index is 1.79. The van der Waals surface area contributed by atoms with Crippen LogP contribution in [0, 0.1) is 0 Å². The molecule has 1 aliphatic heterocycles. The Bertz CT molecular complexity index is 1000. The zero-order valence-corrected chi connectivity index (χ0v) is 21.5. The Hall–Kier alpha value is -1.89. The molecule has 1 aliphatic carbocycles. The van der Waals surface area contributed by atoms with Crippen molar-refractivity contribution >= 4 is 39.2 Å². The Labute approximate surface area is 209 Å². The Morgan fingerprint density at radius 2 is 2.06 bits per heavy atom. The number of carbonyl (C=O) groups excluding carboxylic acids is 1. The number of rotatable bonds is 5. The van der Waals surface area contributed by atoms with Crippen molar-refractivity contribution in [1.29, 1.82) is 0 Å². The molecule has 0 N–H and O–H groups in total. The molecule has 5 nitrogen and oxygen atoms in total. The molecule has 7 heteroatoms. The fraction of sp³-hybridized carbons (Fsp3) is 0.462. The van der Waals surface area contributed by atoms with Crippen molar-refractivity contribution in [2.24, 2.45) is 0 Å². The van der Waals surface area contributed by atoms with Crippen LogP contribution in [0.25, 0.3) is 5.57 Å². The van der Waals surface area contributed by atoms with Crippen molar-refractivity contribution in [2.45, 2.75) is 51.5 Å². The van der Waals surface area contributed by atoms with Crippen LogP contribution in [0.5, 0.6) is 0 Å². The van der Waals surface area contributed by atoms with E-state index in [4.69, 9.17) is 26.1 Å². The number of nitrogens with zero attached hydrogens (tertiary/aromatic N) is 2. The summed E-state index contributed by atoms with van der Waals surface area (Å²) in [6, 6.07) is 8.45. The molecule has 2 aromatic rings. The van der Waals surface area contributed by atoms with Gasteiger partial charge in [-0.1, -0.05) is 23.2 Å². The summed E-state index contributed by atoms with van der Waals surface area (Å²) in [6.07, 6.45) is 6.86. The smallest absolute Gasteiger partial charge is 0.410 e.